The molecule has 2 unspecified atom stereocenters. The van der Waals surface area contributed by atoms with Gasteiger partial charge in [-0.2, -0.15) is 11.3 Å². The highest BCUT2D eigenvalue weighted by Gasteiger charge is 2.28. The minimum atomic E-state index is -0.223. The summed E-state index contributed by atoms with van der Waals surface area (Å²) < 4.78 is 0. The van der Waals surface area contributed by atoms with Gasteiger partial charge in [-0.05, 0) is 29.4 Å². The molecular formula is C10H16N2OS. The molecule has 3 nitrogen and oxygen atoms in total. The lowest BCUT2D eigenvalue weighted by atomic mass is 10.2. The number of rotatable bonds is 3. The molecular weight excluding hydrogens is 196 g/mol. The van der Waals surface area contributed by atoms with E-state index in [0.717, 1.165) is 19.6 Å². The van der Waals surface area contributed by atoms with Gasteiger partial charge >= 0.3 is 0 Å². The third-order valence-corrected chi connectivity index (χ3v) is 3.46. The van der Waals surface area contributed by atoms with E-state index in [1.54, 1.807) is 11.3 Å². The summed E-state index contributed by atoms with van der Waals surface area (Å²) >= 11 is 1.72. The van der Waals surface area contributed by atoms with E-state index >= 15 is 0 Å². The average molecular weight is 212 g/mol. The highest BCUT2D eigenvalue weighted by molar-refractivity contribution is 7.07. The summed E-state index contributed by atoms with van der Waals surface area (Å²) in [6.45, 7) is 2.54. The number of nitrogens with zero attached hydrogens (tertiary/aromatic N) is 1. The Morgan fingerprint density at radius 3 is 3.07 bits per heavy atom. The molecule has 0 aromatic carbocycles. The second-order valence-corrected chi connectivity index (χ2v) is 4.62. The first-order chi connectivity index (χ1) is 6.77. The smallest absolute Gasteiger partial charge is 0.0831 e. The summed E-state index contributed by atoms with van der Waals surface area (Å²) in [5.74, 6) is 0. The van der Waals surface area contributed by atoms with Crippen molar-refractivity contribution in [1.82, 2.24) is 10.2 Å². The Morgan fingerprint density at radius 1 is 1.64 bits per heavy atom. The Bertz CT molecular complexity index is 276. The molecule has 4 heteroatoms. The van der Waals surface area contributed by atoms with Gasteiger partial charge in [0.15, 0.2) is 0 Å². The molecule has 0 bridgehead atoms. The Labute approximate surface area is 88.4 Å². The van der Waals surface area contributed by atoms with Crippen LogP contribution in [0.15, 0.2) is 16.8 Å². The van der Waals surface area contributed by atoms with Crippen LogP contribution in [-0.2, 0) is 6.54 Å². The first-order valence-electron chi connectivity index (χ1n) is 4.87. The van der Waals surface area contributed by atoms with Crippen LogP contribution in [0.4, 0.5) is 0 Å². The maximum absolute atomic E-state index is 9.69. The van der Waals surface area contributed by atoms with E-state index in [1.807, 2.05) is 0 Å². The number of thiophene rings is 1. The summed E-state index contributed by atoms with van der Waals surface area (Å²) in [4.78, 5) is 2.22. The highest BCUT2D eigenvalue weighted by Crippen LogP contribution is 2.13. The molecule has 2 atom stereocenters. The zero-order valence-electron chi connectivity index (χ0n) is 8.31. The molecule has 1 aliphatic heterocycles. The van der Waals surface area contributed by atoms with Gasteiger partial charge in [0, 0.05) is 25.7 Å². The quantitative estimate of drug-likeness (QED) is 0.766. The van der Waals surface area contributed by atoms with Crippen LogP contribution in [0.3, 0.4) is 0 Å². The number of nitrogens with one attached hydrogen (secondary N) is 1. The predicted molar refractivity (Wildman–Crippen MR) is 58.5 cm³/mol. The lowest BCUT2D eigenvalue weighted by Gasteiger charge is -2.25. The van der Waals surface area contributed by atoms with Gasteiger partial charge in [0.2, 0.25) is 0 Å². The number of aliphatic hydroxyl groups excluding tert-OH is 1. The Hall–Kier alpha value is -0.420. The predicted octanol–water partition coefficient (Wildman–Crippen LogP) is 0.513. The molecule has 2 heterocycles. The molecule has 78 valence electrons. The third kappa shape index (κ3) is 2.15. The maximum atomic E-state index is 9.69. The van der Waals surface area contributed by atoms with Crippen molar-refractivity contribution in [2.24, 2.45) is 0 Å². The summed E-state index contributed by atoms with van der Waals surface area (Å²) in [5.41, 5.74) is 1.33. The monoisotopic (exact) mass is 212 g/mol. The van der Waals surface area contributed by atoms with Crippen molar-refractivity contribution in [1.29, 1.82) is 0 Å². The van der Waals surface area contributed by atoms with Gasteiger partial charge in [-0.15, -0.1) is 0 Å². The zero-order chi connectivity index (χ0) is 9.97. The van der Waals surface area contributed by atoms with E-state index in [9.17, 15) is 5.11 Å². The molecule has 1 aromatic heterocycles. The number of likely N-dealkylation sites (N-methyl/N-ethyl adjacent to an activating group) is 1. The molecule has 2 rings (SSSR count). The number of hydrogen-bond donors (Lipinski definition) is 2. The van der Waals surface area contributed by atoms with Gasteiger partial charge in [-0.25, -0.2) is 0 Å². The van der Waals surface area contributed by atoms with Gasteiger partial charge in [-0.1, -0.05) is 0 Å². The van der Waals surface area contributed by atoms with E-state index in [0.29, 0.717) is 0 Å². The largest absolute Gasteiger partial charge is 0.390 e. The number of β-amino-alcohol motifs (C(OH)–C–C–N with tert-alkyl or cyclic N) is 1. The number of hydrogen-bond acceptors (Lipinski definition) is 4. The average Bonchev–Trinajstić information content (AvgIpc) is 2.75. The van der Waals surface area contributed by atoms with Crippen molar-refractivity contribution < 1.29 is 5.11 Å². The van der Waals surface area contributed by atoms with Gasteiger partial charge in [0.25, 0.3) is 0 Å². The van der Waals surface area contributed by atoms with Gasteiger partial charge in [0.1, 0.15) is 0 Å². The van der Waals surface area contributed by atoms with Crippen molar-refractivity contribution in [3.05, 3.63) is 22.4 Å². The van der Waals surface area contributed by atoms with Crippen LogP contribution in [0.1, 0.15) is 5.56 Å². The zero-order valence-corrected chi connectivity index (χ0v) is 9.13. The molecule has 1 aliphatic rings. The molecule has 1 saturated heterocycles. The van der Waals surface area contributed by atoms with Crippen LogP contribution < -0.4 is 5.32 Å². The second-order valence-electron chi connectivity index (χ2n) is 3.84. The minimum Gasteiger partial charge on any atom is -0.390 e. The van der Waals surface area contributed by atoms with Crippen molar-refractivity contribution in [2.75, 3.05) is 20.1 Å². The standard InChI is InChI=1S/C10H16N2OS/c1-12(6-8-2-3-14-7-8)9-4-11-5-10(9)13/h2-3,7,9-11,13H,4-6H2,1H3. The SMILES string of the molecule is CN(Cc1ccsc1)C1CNCC1O. The van der Waals surface area contributed by atoms with E-state index < -0.39 is 0 Å². The van der Waals surface area contributed by atoms with E-state index in [4.69, 9.17) is 0 Å². The summed E-state index contributed by atoms with van der Waals surface area (Å²) in [7, 11) is 2.07. The Kier molecular flexibility index (Phi) is 3.18. The van der Waals surface area contributed by atoms with Crippen LogP contribution in [0.25, 0.3) is 0 Å². The van der Waals surface area contributed by atoms with Crippen LogP contribution in [0.2, 0.25) is 0 Å². The topological polar surface area (TPSA) is 35.5 Å². The molecule has 0 aliphatic carbocycles. The van der Waals surface area contributed by atoms with Crippen molar-refractivity contribution in [3.63, 3.8) is 0 Å². The fraction of sp³-hybridized carbons (Fsp3) is 0.600. The van der Waals surface area contributed by atoms with E-state index in [1.165, 1.54) is 5.56 Å². The molecule has 0 spiro atoms. The van der Waals surface area contributed by atoms with Crippen molar-refractivity contribution >= 4 is 11.3 Å². The molecule has 0 amide bonds. The van der Waals surface area contributed by atoms with E-state index in [2.05, 4.69) is 34.1 Å². The highest BCUT2D eigenvalue weighted by atomic mass is 32.1. The lowest BCUT2D eigenvalue weighted by Crippen LogP contribution is -2.40. The third-order valence-electron chi connectivity index (χ3n) is 2.73. The van der Waals surface area contributed by atoms with Crippen LogP contribution in [-0.4, -0.2) is 42.3 Å². The first kappa shape index (κ1) is 10.1. The lowest BCUT2D eigenvalue weighted by molar-refractivity contribution is 0.0956. The summed E-state index contributed by atoms with van der Waals surface area (Å²) in [6, 6.07) is 2.39. The van der Waals surface area contributed by atoms with Crippen molar-refractivity contribution in [3.8, 4) is 0 Å². The molecule has 1 fully saturated rings. The van der Waals surface area contributed by atoms with E-state index in [-0.39, 0.29) is 12.1 Å². The molecule has 1 aromatic rings. The minimum absolute atomic E-state index is 0.223. The molecule has 14 heavy (non-hydrogen) atoms. The maximum Gasteiger partial charge on any atom is 0.0831 e. The van der Waals surface area contributed by atoms with Crippen LogP contribution in [0, 0.1) is 0 Å². The normalized spacial score (nSPS) is 27.4. The van der Waals surface area contributed by atoms with Gasteiger partial charge in [0.05, 0.1) is 6.10 Å². The summed E-state index contributed by atoms with van der Waals surface area (Å²) in [5, 5.41) is 17.1. The number of aliphatic hydroxyl groups is 1. The Morgan fingerprint density at radius 2 is 2.50 bits per heavy atom. The van der Waals surface area contributed by atoms with Gasteiger partial charge in [-0.3, -0.25) is 4.90 Å². The van der Waals surface area contributed by atoms with Crippen molar-refractivity contribution in [2.45, 2.75) is 18.7 Å². The molecule has 0 saturated carbocycles. The molecule has 2 N–H and O–H groups in total. The first-order valence-corrected chi connectivity index (χ1v) is 5.82. The fourth-order valence-electron chi connectivity index (χ4n) is 1.89. The molecule has 0 radical (unpaired) electrons. The van der Waals surface area contributed by atoms with Crippen LogP contribution in [0.5, 0.6) is 0 Å². The fourth-order valence-corrected chi connectivity index (χ4v) is 2.55. The second kappa shape index (κ2) is 4.40. The Balaban J connectivity index is 1.92. The van der Waals surface area contributed by atoms with Gasteiger partial charge < -0.3 is 10.4 Å². The van der Waals surface area contributed by atoms with Crippen LogP contribution >= 0.6 is 11.3 Å². The summed E-state index contributed by atoms with van der Waals surface area (Å²) in [6.07, 6.45) is -0.223.